The van der Waals surface area contributed by atoms with Crippen LogP contribution >= 0.6 is 15.9 Å². The summed E-state index contributed by atoms with van der Waals surface area (Å²) >= 11 is 3.46. The summed E-state index contributed by atoms with van der Waals surface area (Å²) in [5.41, 5.74) is 1.21. The van der Waals surface area contributed by atoms with Crippen molar-refractivity contribution in [2.45, 2.75) is 19.4 Å². The second-order valence-electron chi connectivity index (χ2n) is 5.71. The van der Waals surface area contributed by atoms with Gasteiger partial charge in [-0.05, 0) is 52.2 Å². The lowest BCUT2D eigenvalue weighted by molar-refractivity contribution is -0.123. The summed E-state index contributed by atoms with van der Waals surface area (Å²) in [6, 6.07) is 13.3. The highest BCUT2D eigenvalue weighted by atomic mass is 79.9. The van der Waals surface area contributed by atoms with E-state index < -0.39 is 0 Å². The summed E-state index contributed by atoms with van der Waals surface area (Å²) in [6.45, 7) is 2.81. The molecule has 0 unspecified atom stereocenters. The van der Waals surface area contributed by atoms with Crippen molar-refractivity contribution in [3.05, 3.63) is 52.5 Å². The van der Waals surface area contributed by atoms with Crippen LogP contribution in [0.1, 0.15) is 12.5 Å². The van der Waals surface area contributed by atoms with Gasteiger partial charge in [0, 0.05) is 0 Å². The molecular formula is C19H20BrNO4. The lowest BCUT2D eigenvalue weighted by Crippen LogP contribution is -2.42. The number of rotatable bonds is 6. The molecule has 0 fully saturated rings. The zero-order valence-electron chi connectivity index (χ0n) is 14.0. The summed E-state index contributed by atoms with van der Waals surface area (Å²) in [7, 11) is 0. The van der Waals surface area contributed by atoms with Crippen LogP contribution in [0.15, 0.2) is 46.9 Å². The van der Waals surface area contributed by atoms with Crippen molar-refractivity contribution in [3.8, 4) is 17.2 Å². The van der Waals surface area contributed by atoms with E-state index in [2.05, 4.69) is 28.2 Å². The van der Waals surface area contributed by atoms with E-state index in [9.17, 15) is 4.79 Å². The van der Waals surface area contributed by atoms with Gasteiger partial charge in [-0.25, -0.2) is 0 Å². The number of carbonyl (C=O) groups is 1. The van der Waals surface area contributed by atoms with E-state index in [4.69, 9.17) is 14.2 Å². The van der Waals surface area contributed by atoms with Crippen LogP contribution in [0.5, 0.6) is 17.2 Å². The summed E-state index contributed by atoms with van der Waals surface area (Å²) < 4.78 is 17.8. The molecule has 1 aliphatic heterocycles. The van der Waals surface area contributed by atoms with Gasteiger partial charge in [0.1, 0.15) is 18.5 Å². The molecule has 6 heteroatoms. The summed E-state index contributed by atoms with van der Waals surface area (Å²) in [5, 5.41) is 2.81. The van der Waals surface area contributed by atoms with Gasteiger partial charge < -0.3 is 19.5 Å². The van der Waals surface area contributed by atoms with E-state index >= 15 is 0 Å². The lowest BCUT2D eigenvalue weighted by Gasteiger charge is -2.26. The minimum Gasteiger partial charge on any atom is -0.486 e. The molecule has 0 saturated carbocycles. The number of amides is 1. The van der Waals surface area contributed by atoms with Crippen LogP contribution in [0.3, 0.4) is 0 Å². The maximum Gasteiger partial charge on any atom is 0.258 e. The number of para-hydroxylation sites is 2. The van der Waals surface area contributed by atoms with E-state index in [1.54, 1.807) is 0 Å². The Labute approximate surface area is 155 Å². The molecule has 132 valence electrons. The molecule has 25 heavy (non-hydrogen) atoms. The molecule has 3 rings (SSSR count). The zero-order chi connectivity index (χ0) is 17.6. The van der Waals surface area contributed by atoms with Crippen molar-refractivity contribution in [2.24, 2.45) is 0 Å². The van der Waals surface area contributed by atoms with Crippen molar-refractivity contribution in [3.63, 3.8) is 0 Å². The average Bonchev–Trinajstić information content (AvgIpc) is 2.65. The molecule has 0 radical (unpaired) electrons. The molecule has 1 aliphatic rings. The van der Waals surface area contributed by atoms with Gasteiger partial charge in [0.15, 0.2) is 18.1 Å². The molecular weight excluding hydrogens is 386 g/mol. The van der Waals surface area contributed by atoms with E-state index in [-0.39, 0.29) is 18.6 Å². The fourth-order valence-electron chi connectivity index (χ4n) is 2.47. The third kappa shape index (κ3) is 4.66. The number of benzene rings is 2. The molecule has 5 nitrogen and oxygen atoms in total. The number of carbonyl (C=O) groups excluding carboxylic acids is 1. The Hall–Kier alpha value is -2.21. The fraction of sp³-hybridized carbons (Fsp3) is 0.316. The van der Waals surface area contributed by atoms with E-state index in [1.165, 1.54) is 5.56 Å². The molecule has 1 atom stereocenters. The highest BCUT2D eigenvalue weighted by Gasteiger charge is 2.21. The van der Waals surface area contributed by atoms with Crippen LogP contribution in [-0.2, 0) is 11.2 Å². The number of aryl methyl sites for hydroxylation is 1. The highest BCUT2D eigenvalue weighted by Crippen LogP contribution is 2.30. The highest BCUT2D eigenvalue weighted by molar-refractivity contribution is 9.10. The summed E-state index contributed by atoms with van der Waals surface area (Å²) in [6.07, 6.45) is 0.737. The number of ether oxygens (including phenoxy) is 3. The Morgan fingerprint density at radius 2 is 2.08 bits per heavy atom. The zero-order valence-corrected chi connectivity index (χ0v) is 15.5. The second-order valence-corrected chi connectivity index (χ2v) is 6.56. The molecule has 1 heterocycles. The lowest BCUT2D eigenvalue weighted by atomic mass is 10.2. The quantitative estimate of drug-likeness (QED) is 0.800. The van der Waals surface area contributed by atoms with Gasteiger partial charge in [0.25, 0.3) is 5.91 Å². The van der Waals surface area contributed by atoms with Crippen molar-refractivity contribution in [2.75, 3.05) is 19.8 Å². The van der Waals surface area contributed by atoms with Crippen molar-refractivity contribution in [1.29, 1.82) is 0 Å². The van der Waals surface area contributed by atoms with Gasteiger partial charge in [0.2, 0.25) is 0 Å². The van der Waals surface area contributed by atoms with Gasteiger partial charge in [-0.2, -0.15) is 0 Å². The maximum atomic E-state index is 12.0. The topological polar surface area (TPSA) is 56.8 Å². The van der Waals surface area contributed by atoms with Crippen molar-refractivity contribution >= 4 is 21.8 Å². The van der Waals surface area contributed by atoms with Crippen LogP contribution in [0.2, 0.25) is 0 Å². The standard InChI is InChI=1S/C19H20BrNO4/c1-2-13-7-8-16(15(20)9-13)24-12-19(22)21-10-14-11-23-17-5-3-4-6-18(17)25-14/h3-9,14H,2,10-12H2,1H3,(H,21,22)/t14-/m0/s1. The maximum absolute atomic E-state index is 12.0. The third-order valence-corrected chi connectivity index (χ3v) is 4.48. The molecule has 1 amide bonds. The fourth-order valence-corrected chi connectivity index (χ4v) is 3.01. The van der Waals surface area contributed by atoms with E-state index in [1.807, 2.05) is 42.5 Å². The van der Waals surface area contributed by atoms with E-state index in [0.29, 0.717) is 24.7 Å². The number of nitrogens with one attached hydrogen (secondary N) is 1. The van der Waals surface area contributed by atoms with Crippen LogP contribution in [0.25, 0.3) is 0 Å². The first kappa shape index (κ1) is 17.6. The summed E-state index contributed by atoms with van der Waals surface area (Å²) in [5.74, 6) is 1.88. The van der Waals surface area contributed by atoms with E-state index in [0.717, 1.165) is 16.6 Å². The predicted octanol–water partition coefficient (Wildman–Crippen LogP) is 3.35. The molecule has 0 spiro atoms. The number of hydrogen-bond donors (Lipinski definition) is 1. The van der Waals surface area contributed by atoms with Gasteiger partial charge in [0.05, 0.1) is 11.0 Å². The van der Waals surface area contributed by atoms with Gasteiger partial charge in [-0.3, -0.25) is 4.79 Å². The van der Waals surface area contributed by atoms with Crippen molar-refractivity contribution < 1.29 is 19.0 Å². The van der Waals surface area contributed by atoms with Gasteiger partial charge in [-0.1, -0.05) is 25.1 Å². The molecule has 2 aromatic rings. The molecule has 0 bridgehead atoms. The number of halogens is 1. The van der Waals surface area contributed by atoms with Crippen LogP contribution in [0, 0.1) is 0 Å². The molecule has 0 aromatic heterocycles. The molecule has 2 aromatic carbocycles. The first-order valence-corrected chi connectivity index (χ1v) is 9.01. The third-order valence-electron chi connectivity index (χ3n) is 3.86. The van der Waals surface area contributed by atoms with Gasteiger partial charge >= 0.3 is 0 Å². The Morgan fingerprint density at radius 1 is 1.28 bits per heavy atom. The number of hydrogen-bond acceptors (Lipinski definition) is 4. The Bertz CT molecular complexity index is 750. The normalized spacial score (nSPS) is 15.5. The Balaban J connectivity index is 1.44. The first-order valence-electron chi connectivity index (χ1n) is 8.22. The van der Waals surface area contributed by atoms with Crippen LogP contribution < -0.4 is 19.5 Å². The summed E-state index contributed by atoms with van der Waals surface area (Å²) in [4.78, 5) is 12.0. The first-order chi connectivity index (χ1) is 12.2. The minimum atomic E-state index is -0.213. The average molecular weight is 406 g/mol. The Morgan fingerprint density at radius 3 is 2.84 bits per heavy atom. The molecule has 0 aliphatic carbocycles. The minimum absolute atomic E-state index is 0.0474. The van der Waals surface area contributed by atoms with Gasteiger partial charge in [-0.15, -0.1) is 0 Å². The molecule has 1 N–H and O–H groups in total. The SMILES string of the molecule is CCc1ccc(OCC(=O)NC[C@H]2COc3ccccc3O2)c(Br)c1. The second kappa shape index (κ2) is 8.25. The molecule has 0 saturated heterocycles. The van der Waals surface area contributed by atoms with Crippen LogP contribution in [-0.4, -0.2) is 31.8 Å². The van der Waals surface area contributed by atoms with Crippen molar-refractivity contribution in [1.82, 2.24) is 5.32 Å². The monoisotopic (exact) mass is 405 g/mol. The largest absolute Gasteiger partial charge is 0.486 e. The Kier molecular flexibility index (Phi) is 5.81. The predicted molar refractivity (Wildman–Crippen MR) is 98.4 cm³/mol. The van der Waals surface area contributed by atoms with Crippen LogP contribution in [0.4, 0.5) is 0 Å². The smallest absolute Gasteiger partial charge is 0.258 e. The number of fused-ring (bicyclic) bond motifs is 1.